The Morgan fingerprint density at radius 1 is 1.00 bits per heavy atom. The minimum atomic E-state index is 0. The summed E-state index contributed by atoms with van der Waals surface area (Å²) >= 11 is 0. The van der Waals surface area contributed by atoms with Crippen LogP contribution in [0.2, 0.25) is 0 Å². The van der Waals surface area contributed by atoms with Gasteiger partial charge in [0.15, 0.2) is 0 Å². The first-order valence-electron chi connectivity index (χ1n) is 2.93. The maximum atomic E-state index is 4.12. The van der Waals surface area contributed by atoms with E-state index >= 15 is 0 Å². The van der Waals surface area contributed by atoms with Gasteiger partial charge >= 0.3 is 23.1 Å². The third-order valence-electron chi connectivity index (χ3n) is 1.40. The largest absolute Gasteiger partial charge is 2.00 e. The van der Waals surface area contributed by atoms with Gasteiger partial charge in [-0.05, 0) is 5.39 Å². The van der Waals surface area contributed by atoms with Crippen LogP contribution in [0.1, 0.15) is 0 Å². The molecular weight excluding hydrogens is 170 g/mol. The second-order valence-electron chi connectivity index (χ2n) is 2.00. The van der Waals surface area contributed by atoms with Gasteiger partial charge in [-0.1, -0.05) is 30.3 Å². The van der Waals surface area contributed by atoms with Gasteiger partial charge in [0, 0.05) is 0 Å². The summed E-state index contributed by atoms with van der Waals surface area (Å²) < 4.78 is 0. The zero-order valence-electron chi connectivity index (χ0n) is 6.00. The summed E-state index contributed by atoms with van der Waals surface area (Å²) in [5, 5.41) is 1.22. The van der Waals surface area contributed by atoms with E-state index in [1.165, 1.54) is 5.39 Å². The van der Waals surface area contributed by atoms with Crippen molar-refractivity contribution in [3.63, 3.8) is 0 Å². The van der Waals surface area contributed by atoms with Crippen molar-refractivity contribution in [3.8, 4) is 0 Å². The second kappa shape index (κ2) is 4.65. The molecule has 1 heterocycles. The number of rotatable bonds is 0. The maximum Gasteiger partial charge on any atom is 2.00 e. The Morgan fingerprint density at radius 3 is 2.45 bits per heavy atom. The second-order valence-corrected chi connectivity index (χ2v) is 2.00. The van der Waals surface area contributed by atoms with Gasteiger partial charge in [0.05, 0.1) is 0 Å². The van der Waals surface area contributed by atoms with E-state index in [9.17, 15) is 0 Å². The van der Waals surface area contributed by atoms with Crippen molar-refractivity contribution in [1.29, 1.82) is 0 Å². The van der Waals surface area contributed by atoms with Crippen molar-refractivity contribution in [2.24, 2.45) is 0 Å². The summed E-state index contributed by atoms with van der Waals surface area (Å²) in [7, 11) is 0. The number of fused-ring (bicyclic) bond motifs is 1. The third kappa shape index (κ3) is 2.12. The molecule has 0 saturated carbocycles. The van der Waals surface area contributed by atoms with Gasteiger partial charge in [-0.3, -0.25) is 0 Å². The molecule has 2 rings (SSSR count). The molecular formula is C8H6ClMgN. The Balaban J connectivity index is 0.000000500. The number of hydrogen-bond acceptors (Lipinski definition) is 0. The molecule has 0 bridgehead atoms. The van der Waals surface area contributed by atoms with E-state index < -0.39 is 0 Å². The Labute approximate surface area is 87.7 Å². The standard InChI is InChI=1S/C8H6N.ClH.Mg/c1-2-4-8-7(3-1)5-6-9-8;;/h1-6H;1H;/q-1;;+2/p-1. The van der Waals surface area contributed by atoms with Crippen LogP contribution in [0.3, 0.4) is 0 Å². The smallest absolute Gasteiger partial charge is 1.00 e. The molecule has 1 aromatic carbocycles. The third-order valence-corrected chi connectivity index (χ3v) is 1.40. The van der Waals surface area contributed by atoms with Crippen LogP contribution in [0.4, 0.5) is 0 Å². The quantitative estimate of drug-likeness (QED) is 0.442. The van der Waals surface area contributed by atoms with Gasteiger partial charge in [0.25, 0.3) is 0 Å². The molecule has 0 fully saturated rings. The van der Waals surface area contributed by atoms with Crippen LogP contribution >= 0.6 is 0 Å². The van der Waals surface area contributed by atoms with Gasteiger partial charge in [-0.15, -0.1) is 5.52 Å². The van der Waals surface area contributed by atoms with Crippen molar-refractivity contribution < 1.29 is 12.4 Å². The Bertz CT molecular complexity index is 288. The van der Waals surface area contributed by atoms with Crippen molar-refractivity contribution in [1.82, 2.24) is 4.98 Å². The summed E-state index contributed by atoms with van der Waals surface area (Å²) in [6.45, 7) is 0. The average molecular weight is 176 g/mol. The molecule has 2 aromatic rings. The first-order chi connectivity index (χ1) is 4.47. The van der Waals surface area contributed by atoms with Crippen molar-refractivity contribution in [2.75, 3.05) is 0 Å². The van der Waals surface area contributed by atoms with Gasteiger partial charge in [-0.25, -0.2) is 0 Å². The van der Waals surface area contributed by atoms with Gasteiger partial charge in [0.1, 0.15) is 0 Å². The summed E-state index contributed by atoms with van der Waals surface area (Å²) in [6, 6.07) is 10.1. The number of para-hydroxylation sites is 1. The zero-order valence-corrected chi connectivity index (χ0v) is 8.17. The predicted molar refractivity (Wildman–Crippen MR) is 43.0 cm³/mol. The van der Waals surface area contributed by atoms with E-state index in [0.29, 0.717) is 0 Å². The summed E-state index contributed by atoms with van der Waals surface area (Å²) in [5.41, 5.74) is 1.08. The first kappa shape index (κ1) is 10.8. The molecule has 0 radical (unpaired) electrons. The van der Waals surface area contributed by atoms with Crippen LogP contribution in [0.15, 0.2) is 36.5 Å². The number of aromatic nitrogens is 1. The summed E-state index contributed by atoms with van der Waals surface area (Å²) in [6.07, 6.45) is 1.82. The van der Waals surface area contributed by atoms with Gasteiger partial charge < -0.3 is 17.4 Å². The Morgan fingerprint density at radius 2 is 1.73 bits per heavy atom. The molecule has 1 aromatic heterocycles. The van der Waals surface area contributed by atoms with Crippen molar-refractivity contribution in [3.05, 3.63) is 36.5 Å². The molecule has 3 heteroatoms. The fourth-order valence-electron chi connectivity index (χ4n) is 0.944. The molecule has 0 atom stereocenters. The summed E-state index contributed by atoms with van der Waals surface area (Å²) in [4.78, 5) is 4.12. The average Bonchev–Trinajstić information content (AvgIpc) is 2.33. The monoisotopic (exact) mass is 175 g/mol. The van der Waals surface area contributed by atoms with Crippen molar-refractivity contribution in [2.45, 2.75) is 0 Å². The molecule has 0 aliphatic heterocycles. The van der Waals surface area contributed by atoms with Gasteiger partial charge in [-0.2, -0.15) is 6.20 Å². The molecule has 0 spiro atoms. The topological polar surface area (TPSA) is 14.1 Å². The van der Waals surface area contributed by atoms with Gasteiger partial charge in [0.2, 0.25) is 0 Å². The Kier molecular flexibility index (Phi) is 4.57. The van der Waals surface area contributed by atoms with Crippen molar-refractivity contribution >= 4 is 34.0 Å². The van der Waals surface area contributed by atoms with E-state index in [-0.39, 0.29) is 35.5 Å². The minimum Gasteiger partial charge on any atom is -1.00 e. The van der Waals surface area contributed by atoms with Crippen LogP contribution in [0, 0.1) is 0 Å². The number of hydrogen-bond donors (Lipinski definition) is 0. The fraction of sp³-hybridized carbons (Fsp3) is 0. The van der Waals surface area contributed by atoms with E-state index in [2.05, 4.69) is 11.1 Å². The minimum absolute atomic E-state index is 0. The van der Waals surface area contributed by atoms with E-state index in [4.69, 9.17) is 0 Å². The van der Waals surface area contributed by atoms with E-state index in [1.54, 1.807) is 0 Å². The maximum absolute atomic E-state index is 4.12. The van der Waals surface area contributed by atoms with Crippen LogP contribution in [-0.4, -0.2) is 23.1 Å². The SMILES string of the molecule is [Cl-].[Mg+2].c1ccc2[n-]ccc2c1. The normalized spacial score (nSPS) is 8.36. The van der Waals surface area contributed by atoms with Crippen LogP contribution in [0.25, 0.3) is 10.9 Å². The van der Waals surface area contributed by atoms with Crippen LogP contribution in [-0.2, 0) is 0 Å². The van der Waals surface area contributed by atoms with Crippen LogP contribution in [0.5, 0.6) is 0 Å². The number of halogens is 1. The van der Waals surface area contributed by atoms with E-state index in [1.807, 2.05) is 30.5 Å². The fourth-order valence-corrected chi connectivity index (χ4v) is 0.944. The number of nitrogens with zero attached hydrogens (tertiary/aromatic N) is 1. The Hall–Kier alpha value is -0.184. The summed E-state index contributed by atoms with van der Waals surface area (Å²) in [5.74, 6) is 0. The molecule has 0 saturated heterocycles. The zero-order chi connectivity index (χ0) is 6.10. The molecule has 52 valence electrons. The predicted octanol–water partition coefficient (Wildman–Crippen LogP) is -1.58. The molecule has 0 N–H and O–H groups in total. The molecule has 0 aliphatic rings. The molecule has 0 amide bonds. The first-order valence-corrected chi connectivity index (χ1v) is 2.93. The van der Waals surface area contributed by atoms with Crippen LogP contribution < -0.4 is 17.4 Å². The molecule has 0 aliphatic carbocycles. The number of benzene rings is 1. The molecule has 1 nitrogen and oxygen atoms in total. The van der Waals surface area contributed by atoms with E-state index in [0.717, 1.165) is 5.52 Å². The molecule has 11 heavy (non-hydrogen) atoms. The molecule has 0 unspecified atom stereocenters.